The maximum absolute atomic E-state index is 5.79. The van der Waals surface area contributed by atoms with Gasteiger partial charge in [-0.25, -0.2) is 4.68 Å². The van der Waals surface area contributed by atoms with Gasteiger partial charge in [-0.15, -0.1) is 28.5 Å². The van der Waals surface area contributed by atoms with Crippen molar-refractivity contribution in [3.63, 3.8) is 0 Å². The van der Waals surface area contributed by atoms with Gasteiger partial charge in [0, 0.05) is 4.90 Å². The van der Waals surface area contributed by atoms with E-state index >= 15 is 0 Å². The Morgan fingerprint density at radius 2 is 2.33 bits per heavy atom. The number of aromatic nitrogens is 3. The van der Waals surface area contributed by atoms with Crippen LogP contribution < -0.4 is 0 Å². The maximum atomic E-state index is 5.79. The summed E-state index contributed by atoms with van der Waals surface area (Å²) in [5, 5.41) is 7.85. The zero-order valence-electron chi connectivity index (χ0n) is 8.22. The highest BCUT2D eigenvalue weighted by atomic mass is 35.5. The third kappa shape index (κ3) is 2.16. The third-order valence-corrected chi connectivity index (χ3v) is 3.05. The van der Waals surface area contributed by atoms with Crippen molar-refractivity contribution < 1.29 is 0 Å². The maximum Gasteiger partial charge on any atom is 0.0793 e. The van der Waals surface area contributed by atoms with Crippen molar-refractivity contribution in [1.29, 1.82) is 0 Å². The highest BCUT2D eigenvalue weighted by Gasteiger charge is 2.04. The number of nitrogens with zero attached hydrogens (tertiary/aromatic N) is 3. The van der Waals surface area contributed by atoms with Gasteiger partial charge in [0.25, 0.3) is 0 Å². The van der Waals surface area contributed by atoms with Crippen molar-refractivity contribution in [2.75, 3.05) is 6.26 Å². The average molecular weight is 240 g/mol. The lowest BCUT2D eigenvalue weighted by Crippen LogP contribution is -2.00. The molecule has 0 saturated carbocycles. The molecular formula is C10H10ClN3S. The molecule has 0 N–H and O–H groups in total. The van der Waals surface area contributed by atoms with Crippen molar-refractivity contribution in [3.05, 3.63) is 36.2 Å². The predicted molar refractivity (Wildman–Crippen MR) is 62.7 cm³/mol. The number of halogens is 1. The molecule has 2 rings (SSSR count). The average Bonchev–Trinajstić information content (AvgIpc) is 2.77. The zero-order chi connectivity index (χ0) is 10.7. The summed E-state index contributed by atoms with van der Waals surface area (Å²) in [5.41, 5.74) is 1.89. The van der Waals surface area contributed by atoms with Crippen LogP contribution in [0.25, 0.3) is 5.69 Å². The van der Waals surface area contributed by atoms with E-state index < -0.39 is 0 Å². The van der Waals surface area contributed by atoms with Crippen LogP contribution in [-0.2, 0) is 5.88 Å². The van der Waals surface area contributed by atoms with Gasteiger partial charge >= 0.3 is 0 Å². The molecule has 5 heteroatoms. The molecule has 1 aromatic carbocycles. The first-order valence-corrected chi connectivity index (χ1v) is 6.21. The molecule has 0 amide bonds. The van der Waals surface area contributed by atoms with E-state index in [1.54, 1.807) is 22.6 Å². The zero-order valence-corrected chi connectivity index (χ0v) is 9.79. The van der Waals surface area contributed by atoms with Crippen LogP contribution in [0.5, 0.6) is 0 Å². The fourth-order valence-corrected chi connectivity index (χ4v) is 1.94. The van der Waals surface area contributed by atoms with E-state index in [1.807, 2.05) is 18.4 Å². The number of rotatable bonds is 3. The quantitative estimate of drug-likeness (QED) is 0.610. The van der Waals surface area contributed by atoms with Crippen molar-refractivity contribution in [2.24, 2.45) is 0 Å². The summed E-state index contributed by atoms with van der Waals surface area (Å²) in [6, 6.07) is 8.12. The third-order valence-electron chi connectivity index (χ3n) is 2.05. The highest BCUT2D eigenvalue weighted by Crippen LogP contribution is 2.19. The van der Waals surface area contributed by atoms with Crippen LogP contribution in [0.4, 0.5) is 0 Å². The Bertz CT molecular complexity index is 455. The van der Waals surface area contributed by atoms with Crippen LogP contribution >= 0.6 is 23.4 Å². The predicted octanol–water partition coefficient (Wildman–Crippen LogP) is 2.73. The molecule has 0 unspecified atom stereocenters. The summed E-state index contributed by atoms with van der Waals surface area (Å²) in [7, 11) is 0. The molecule has 0 aliphatic rings. The minimum Gasteiger partial charge on any atom is -0.216 e. The first-order chi connectivity index (χ1) is 7.35. The monoisotopic (exact) mass is 239 g/mol. The Morgan fingerprint density at radius 1 is 1.47 bits per heavy atom. The van der Waals surface area contributed by atoms with Crippen LogP contribution in [0.15, 0.2) is 35.4 Å². The van der Waals surface area contributed by atoms with E-state index in [0.717, 1.165) is 11.4 Å². The van der Waals surface area contributed by atoms with E-state index in [1.165, 1.54) is 4.90 Å². The van der Waals surface area contributed by atoms with E-state index in [4.69, 9.17) is 11.6 Å². The van der Waals surface area contributed by atoms with Crippen molar-refractivity contribution >= 4 is 23.4 Å². The lowest BCUT2D eigenvalue weighted by atomic mass is 10.3. The first kappa shape index (κ1) is 10.5. The van der Waals surface area contributed by atoms with E-state index in [2.05, 4.69) is 22.4 Å². The Hall–Kier alpha value is -1.000. The fraction of sp³-hybridized carbons (Fsp3) is 0.200. The second kappa shape index (κ2) is 4.68. The van der Waals surface area contributed by atoms with Crippen LogP contribution in [-0.4, -0.2) is 21.2 Å². The molecule has 0 bridgehead atoms. The van der Waals surface area contributed by atoms with Crippen LogP contribution in [0.2, 0.25) is 0 Å². The van der Waals surface area contributed by atoms with Crippen LogP contribution in [0.1, 0.15) is 5.69 Å². The summed E-state index contributed by atoms with van der Waals surface area (Å²) in [6.07, 6.45) is 3.72. The summed E-state index contributed by atoms with van der Waals surface area (Å²) < 4.78 is 1.76. The molecular weight excluding hydrogens is 230 g/mol. The number of benzene rings is 1. The van der Waals surface area contributed by atoms with Gasteiger partial charge < -0.3 is 0 Å². The van der Waals surface area contributed by atoms with Crippen molar-refractivity contribution in [3.8, 4) is 5.69 Å². The van der Waals surface area contributed by atoms with Gasteiger partial charge in [0.05, 0.1) is 23.5 Å². The molecule has 0 atom stereocenters. The van der Waals surface area contributed by atoms with E-state index in [0.29, 0.717) is 5.88 Å². The highest BCUT2D eigenvalue weighted by molar-refractivity contribution is 7.98. The Labute approximate surface area is 97.4 Å². The van der Waals surface area contributed by atoms with Gasteiger partial charge in [-0.05, 0) is 24.5 Å². The standard InChI is InChI=1S/C10H10ClN3S/c1-15-10-4-2-3-8(5-10)14-9(6-11)7-12-13-14/h2-5,7H,6H2,1H3. The minimum absolute atomic E-state index is 0.413. The van der Waals surface area contributed by atoms with Crippen molar-refractivity contribution in [1.82, 2.24) is 15.0 Å². The summed E-state index contributed by atoms with van der Waals surface area (Å²) >= 11 is 7.49. The molecule has 0 spiro atoms. The lowest BCUT2D eigenvalue weighted by Gasteiger charge is -2.05. The Morgan fingerprint density at radius 3 is 3.07 bits per heavy atom. The molecule has 1 aromatic heterocycles. The largest absolute Gasteiger partial charge is 0.216 e. The first-order valence-electron chi connectivity index (χ1n) is 4.45. The Balaban J connectivity index is 2.44. The summed E-state index contributed by atoms with van der Waals surface area (Å²) in [4.78, 5) is 1.20. The Kier molecular flexibility index (Phi) is 3.28. The fourth-order valence-electron chi connectivity index (χ4n) is 1.31. The molecule has 1 heterocycles. The molecule has 3 nitrogen and oxygen atoms in total. The van der Waals surface area contributed by atoms with Crippen molar-refractivity contribution in [2.45, 2.75) is 10.8 Å². The molecule has 15 heavy (non-hydrogen) atoms. The van der Waals surface area contributed by atoms with E-state index in [9.17, 15) is 0 Å². The minimum atomic E-state index is 0.413. The number of hydrogen-bond acceptors (Lipinski definition) is 3. The van der Waals surface area contributed by atoms with Crippen LogP contribution in [0, 0.1) is 0 Å². The second-order valence-electron chi connectivity index (χ2n) is 2.97. The smallest absolute Gasteiger partial charge is 0.0793 e. The summed E-state index contributed by atoms with van der Waals surface area (Å²) in [6.45, 7) is 0. The van der Waals surface area contributed by atoms with Gasteiger partial charge in [-0.3, -0.25) is 0 Å². The van der Waals surface area contributed by atoms with Gasteiger partial charge in [0.15, 0.2) is 0 Å². The summed E-state index contributed by atoms with van der Waals surface area (Å²) in [5.74, 6) is 0.413. The number of thioether (sulfide) groups is 1. The van der Waals surface area contributed by atoms with Gasteiger partial charge in [-0.1, -0.05) is 11.3 Å². The topological polar surface area (TPSA) is 30.7 Å². The molecule has 0 aliphatic carbocycles. The SMILES string of the molecule is CSc1cccc(-n2nncc2CCl)c1. The molecule has 0 saturated heterocycles. The normalized spacial score (nSPS) is 10.5. The molecule has 0 radical (unpaired) electrons. The molecule has 0 aliphatic heterocycles. The van der Waals surface area contributed by atoms with Gasteiger partial charge in [0.2, 0.25) is 0 Å². The van der Waals surface area contributed by atoms with E-state index in [-0.39, 0.29) is 0 Å². The molecule has 2 aromatic rings. The molecule has 78 valence electrons. The van der Waals surface area contributed by atoms with Gasteiger partial charge in [0.1, 0.15) is 0 Å². The number of alkyl halides is 1. The second-order valence-corrected chi connectivity index (χ2v) is 4.12. The lowest BCUT2D eigenvalue weighted by molar-refractivity contribution is 0.779. The van der Waals surface area contributed by atoms with Crippen LogP contribution in [0.3, 0.4) is 0 Å². The van der Waals surface area contributed by atoms with Gasteiger partial charge in [-0.2, -0.15) is 0 Å². The number of hydrogen-bond donors (Lipinski definition) is 0. The molecule has 0 fully saturated rings.